The number of hydrogen-bond acceptors (Lipinski definition) is 8. The van der Waals surface area contributed by atoms with Crippen LogP contribution in [0.2, 0.25) is 0 Å². The van der Waals surface area contributed by atoms with Crippen molar-refractivity contribution in [2.24, 2.45) is 5.92 Å². The van der Waals surface area contributed by atoms with Crippen LogP contribution in [-0.2, 0) is 20.0 Å². The number of nitrogens with zero attached hydrogens (tertiary/aromatic N) is 5. The van der Waals surface area contributed by atoms with Gasteiger partial charge in [0.2, 0.25) is 20.0 Å². The van der Waals surface area contributed by atoms with E-state index in [2.05, 4.69) is 24.8 Å². The van der Waals surface area contributed by atoms with Gasteiger partial charge < -0.3 is 24.5 Å². The maximum atomic E-state index is 14.2. The fraction of sp³-hybridized carbons (Fsp3) is 0.325. The summed E-state index contributed by atoms with van der Waals surface area (Å²) in [6.07, 6.45) is 4.73. The third kappa shape index (κ3) is 6.61. The normalized spacial score (nSPS) is 16.8. The highest BCUT2D eigenvalue weighted by molar-refractivity contribution is 7.89. The van der Waals surface area contributed by atoms with Crippen LogP contribution in [-0.4, -0.2) is 101 Å². The average Bonchev–Trinajstić information content (AvgIpc) is 4.00. The van der Waals surface area contributed by atoms with Gasteiger partial charge in [0, 0.05) is 110 Å². The molecular formula is C40H45N7O5S2. The van der Waals surface area contributed by atoms with Gasteiger partial charge in [-0.3, -0.25) is 0 Å². The molecule has 0 radical (unpaired) electrons. The van der Waals surface area contributed by atoms with Crippen molar-refractivity contribution in [3.63, 3.8) is 0 Å². The lowest BCUT2D eigenvalue weighted by Gasteiger charge is -2.25. The largest absolute Gasteiger partial charge is 0.497 e. The molecule has 2 fully saturated rings. The van der Waals surface area contributed by atoms with Gasteiger partial charge in [0.15, 0.2) is 0 Å². The first-order chi connectivity index (χ1) is 25.9. The maximum Gasteiger partial charge on any atom is 0.242 e. The van der Waals surface area contributed by atoms with Crippen LogP contribution in [0.5, 0.6) is 5.75 Å². The Morgan fingerprint density at radius 1 is 0.759 bits per heavy atom. The van der Waals surface area contributed by atoms with Crippen molar-refractivity contribution in [2.75, 3.05) is 70.8 Å². The molecule has 2 saturated heterocycles. The number of fused-ring (bicyclic) bond motifs is 2. The van der Waals surface area contributed by atoms with Gasteiger partial charge in [-0.2, -0.15) is 0 Å². The van der Waals surface area contributed by atoms with Crippen LogP contribution in [0.1, 0.15) is 19.3 Å². The molecule has 0 bridgehead atoms. The number of methoxy groups -OCH3 is 1. The summed E-state index contributed by atoms with van der Waals surface area (Å²) < 4.78 is 63.0. The second-order valence-electron chi connectivity index (χ2n) is 14.5. The molecule has 6 aromatic rings. The van der Waals surface area contributed by atoms with E-state index in [0.717, 1.165) is 93.9 Å². The van der Waals surface area contributed by atoms with Gasteiger partial charge >= 0.3 is 0 Å². The standard InChI is InChI=1S/C40H45N7O5S2/c1-44(2)53(48,49)31-10-14-39(33(23-31)36-22-29-20-30(52-4)9-12-35(29)42-36)47-19-15-27(26-47)25-45(3)54(50,51)32-11-13-38(46-17-5-6-18-46)34(24-32)37-21-28-8-7-16-41-40(28)43-37/h7-14,16,20-24,27,42H,5-6,15,17-19,25-26H2,1-4H3,(H,41,43). The molecule has 282 valence electrons. The predicted molar refractivity (Wildman–Crippen MR) is 214 cm³/mol. The molecule has 3 aromatic carbocycles. The molecule has 0 amide bonds. The van der Waals surface area contributed by atoms with E-state index in [-0.39, 0.29) is 15.7 Å². The molecule has 3 aromatic heterocycles. The molecule has 12 nitrogen and oxygen atoms in total. The first-order valence-electron chi connectivity index (χ1n) is 18.2. The van der Waals surface area contributed by atoms with E-state index in [1.54, 1.807) is 44.6 Å². The van der Waals surface area contributed by atoms with E-state index in [4.69, 9.17) is 4.74 Å². The van der Waals surface area contributed by atoms with Crippen molar-refractivity contribution in [2.45, 2.75) is 29.1 Å². The lowest BCUT2D eigenvalue weighted by Crippen LogP contribution is -2.33. The molecule has 54 heavy (non-hydrogen) atoms. The lowest BCUT2D eigenvalue weighted by atomic mass is 10.1. The fourth-order valence-electron chi connectivity index (χ4n) is 7.83. The molecule has 2 aliphatic heterocycles. The van der Waals surface area contributed by atoms with E-state index in [1.165, 1.54) is 22.7 Å². The predicted octanol–water partition coefficient (Wildman–Crippen LogP) is 6.38. The molecule has 0 aliphatic carbocycles. The van der Waals surface area contributed by atoms with Crippen molar-refractivity contribution in [3.8, 4) is 28.3 Å². The number of aromatic nitrogens is 3. The zero-order valence-corrected chi connectivity index (χ0v) is 32.5. The summed E-state index contributed by atoms with van der Waals surface area (Å²) in [4.78, 5) is 16.4. The highest BCUT2D eigenvalue weighted by Gasteiger charge is 2.32. The third-order valence-electron chi connectivity index (χ3n) is 10.8. The zero-order chi connectivity index (χ0) is 37.8. The van der Waals surface area contributed by atoms with Crippen molar-refractivity contribution < 1.29 is 21.6 Å². The molecule has 0 saturated carbocycles. The molecular weight excluding hydrogens is 723 g/mol. The smallest absolute Gasteiger partial charge is 0.242 e. The summed E-state index contributed by atoms with van der Waals surface area (Å²) in [5.74, 6) is 0.783. The minimum absolute atomic E-state index is 0.0536. The van der Waals surface area contributed by atoms with E-state index >= 15 is 0 Å². The number of ether oxygens (including phenoxy) is 1. The van der Waals surface area contributed by atoms with E-state index < -0.39 is 20.0 Å². The summed E-state index contributed by atoms with van der Waals surface area (Å²) in [5, 5.41) is 1.91. The monoisotopic (exact) mass is 767 g/mol. The van der Waals surface area contributed by atoms with E-state index in [9.17, 15) is 16.8 Å². The van der Waals surface area contributed by atoms with Gasteiger partial charge in [-0.15, -0.1) is 0 Å². The number of pyridine rings is 1. The summed E-state index contributed by atoms with van der Waals surface area (Å²) in [6.45, 7) is 3.51. The number of H-pyrrole nitrogens is 2. The summed E-state index contributed by atoms with van der Waals surface area (Å²) in [7, 11) is -1.20. The van der Waals surface area contributed by atoms with Crippen LogP contribution in [0, 0.1) is 5.92 Å². The van der Waals surface area contributed by atoms with Crippen LogP contribution in [0.4, 0.5) is 11.4 Å². The highest BCUT2D eigenvalue weighted by Crippen LogP contribution is 2.39. The van der Waals surface area contributed by atoms with Crippen molar-refractivity contribution in [1.82, 2.24) is 23.6 Å². The molecule has 2 aliphatic rings. The number of nitrogens with one attached hydrogen (secondary N) is 2. The SMILES string of the molecule is COc1ccc2[nH]c(-c3cc(S(=O)(=O)N(C)C)ccc3N3CCC(CN(C)S(=O)(=O)c4ccc(N5CCCC5)c(-c5cc6cccnc6[nH]5)c4)C3)cc2c1. The summed E-state index contributed by atoms with van der Waals surface area (Å²) in [6, 6.07) is 24.4. The van der Waals surface area contributed by atoms with Crippen LogP contribution in [0.15, 0.2) is 94.9 Å². The van der Waals surface area contributed by atoms with Gasteiger partial charge in [-0.05, 0) is 104 Å². The van der Waals surface area contributed by atoms with E-state index in [1.807, 2.05) is 54.6 Å². The topological polar surface area (TPSA) is 135 Å². The van der Waals surface area contributed by atoms with Crippen LogP contribution < -0.4 is 14.5 Å². The zero-order valence-electron chi connectivity index (χ0n) is 30.9. The minimum atomic E-state index is -3.83. The van der Waals surface area contributed by atoms with Gasteiger partial charge in [0.05, 0.1) is 16.9 Å². The molecule has 5 heterocycles. The van der Waals surface area contributed by atoms with Gasteiger partial charge in [0.25, 0.3) is 0 Å². The Labute approximate surface area is 316 Å². The summed E-state index contributed by atoms with van der Waals surface area (Å²) >= 11 is 0. The third-order valence-corrected chi connectivity index (χ3v) is 14.4. The fourth-order valence-corrected chi connectivity index (χ4v) is 10.0. The van der Waals surface area contributed by atoms with Crippen LogP contribution in [0.3, 0.4) is 0 Å². The Balaban J connectivity index is 1.07. The second kappa shape index (κ2) is 14.1. The number of aromatic amines is 2. The van der Waals surface area contributed by atoms with Gasteiger partial charge in [-0.25, -0.2) is 30.4 Å². The van der Waals surface area contributed by atoms with Crippen LogP contribution >= 0.6 is 0 Å². The molecule has 0 spiro atoms. The van der Waals surface area contributed by atoms with E-state index in [0.29, 0.717) is 19.6 Å². The van der Waals surface area contributed by atoms with Crippen molar-refractivity contribution >= 4 is 53.4 Å². The molecule has 8 rings (SSSR count). The number of anilines is 2. The first kappa shape index (κ1) is 36.1. The Morgan fingerprint density at radius 2 is 1.43 bits per heavy atom. The Hall–Kier alpha value is -4.89. The van der Waals surface area contributed by atoms with Gasteiger partial charge in [-0.1, -0.05) is 0 Å². The number of sulfonamides is 2. The van der Waals surface area contributed by atoms with Crippen molar-refractivity contribution in [1.29, 1.82) is 0 Å². The number of rotatable bonds is 11. The quantitative estimate of drug-likeness (QED) is 0.155. The second-order valence-corrected chi connectivity index (χ2v) is 18.7. The highest BCUT2D eigenvalue weighted by atomic mass is 32.2. The van der Waals surface area contributed by atoms with Crippen LogP contribution in [0.25, 0.3) is 44.5 Å². The Bertz CT molecular complexity index is 2540. The molecule has 1 atom stereocenters. The molecule has 2 N–H and O–H groups in total. The maximum absolute atomic E-state index is 14.2. The Kier molecular flexibility index (Phi) is 9.41. The lowest BCUT2D eigenvalue weighted by molar-refractivity contribution is 0.401. The molecule has 1 unspecified atom stereocenters. The van der Waals surface area contributed by atoms with Gasteiger partial charge in [0.1, 0.15) is 11.4 Å². The average molecular weight is 768 g/mol. The van der Waals surface area contributed by atoms with Crippen molar-refractivity contribution in [3.05, 3.63) is 85.1 Å². The number of hydrogen-bond donors (Lipinski definition) is 2. The number of benzene rings is 3. The Morgan fingerprint density at radius 3 is 2.11 bits per heavy atom. The molecule has 14 heteroatoms. The summed E-state index contributed by atoms with van der Waals surface area (Å²) in [5.41, 5.74) is 6.79. The minimum Gasteiger partial charge on any atom is -0.497 e. The first-order valence-corrected chi connectivity index (χ1v) is 21.1.